The summed E-state index contributed by atoms with van der Waals surface area (Å²) in [6.45, 7) is 2.30. The highest BCUT2D eigenvalue weighted by molar-refractivity contribution is 5.85. The zero-order chi connectivity index (χ0) is 21.2. The summed E-state index contributed by atoms with van der Waals surface area (Å²) >= 11 is 0. The van der Waals surface area contributed by atoms with E-state index in [-0.39, 0.29) is 18.4 Å². The van der Waals surface area contributed by atoms with Crippen molar-refractivity contribution in [3.63, 3.8) is 0 Å². The van der Waals surface area contributed by atoms with E-state index in [1.165, 1.54) is 13.3 Å². The quantitative estimate of drug-likeness (QED) is 0.528. The van der Waals surface area contributed by atoms with Gasteiger partial charge >= 0.3 is 0 Å². The molecule has 0 aliphatic carbocycles. The van der Waals surface area contributed by atoms with Crippen LogP contribution in [0.3, 0.4) is 0 Å². The van der Waals surface area contributed by atoms with Gasteiger partial charge in [0, 0.05) is 20.2 Å². The fourth-order valence-corrected chi connectivity index (χ4v) is 2.95. The minimum absolute atomic E-state index is 0.0125. The van der Waals surface area contributed by atoms with Gasteiger partial charge in [0.25, 0.3) is 11.8 Å². The summed E-state index contributed by atoms with van der Waals surface area (Å²) in [6, 6.07) is 16.3. The van der Waals surface area contributed by atoms with E-state index < -0.39 is 6.10 Å². The van der Waals surface area contributed by atoms with Crippen LogP contribution in [-0.2, 0) is 19.1 Å². The van der Waals surface area contributed by atoms with Crippen molar-refractivity contribution in [2.45, 2.75) is 6.10 Å². The van der Waals surface area contributed by atoms with Crippen molar-refractivity contribution in [3.05, 3.63) is 65.7 Å². The summed E-state index contributed by atoms with van der Waals surface area (Å²) < 4.78 is 16.1. The fraction of sp³-hybridized carbons (Fsp3) is 0.318. The van der Waals surface area contributed by atoms with E-state index in [1.54, 1.807) is 29.2 Å². The molecular weight excluding hydrogens is 386 g/mol. The first-order chi connectivity index (χ1) is 14.7. The molecule has 8 heteroatoms. The molecule has 158 valence electrons. The molecule has 30 heavy (non-hydrogen) atoms. The van der Waals surface area contributed by atoms with Gasteiger partial charge < -0.3 is 19.1 Å². The second-order valence-electron chi connectivity index (χ2n) is 6.61. The zero-order valence-corrected chi connectivity index (χ0v) is 16.8. The van der Waals surface area contributed by atoms with E-state index in [0.717, 1.165) is 11.1 Å². The molecule has 1 aliphatic rings. The Hall–Kier alpha value is -3.23. The molecule has 1 fully saturated rings. The van der Waals surface area contributed by atoms with Crippen LogP contribution in [-0.4, -0.2) is 62.9 Å². The van der Waals surface area contributed by atoms with E-state index in [9.17, 15) is 9.59 Å². The number of methoxy groups -OCH3 is 1. The number of carbonyl (C=O) groups excluding carboxylic acids is 2. The fourth-order valence-electron chi connectivity index (χ4n) is 2.95. The summed E-state index contributed by atoms with van der Waals surface area (Å²) in [5, 5.41) is 3.98. The van der Waals surface area contributed by atoms with Crippen molar-refractivity contribution in [2.24, 2.45) is 5.10 Å². The number of nitrogens with one attached hydrogen (secondary N) is 1. The third kappa shape index (κ3) is 6.13. The lowest BCUT2D eigenvalue weighted by Gasteiger charge is -2.26. The monoisotopic (exact) mass is 411 g/mol. The van der Waals surface area contributed by atoms with Crippen LogP contribution < -0.4 is 10.2 Å². The number of benzene rings is 2. The SMILES string of the molecule is CO[C@@H](C(=O)NN=Cc1ccc(OCC(=O)N2CCOCC2)cc1)c1ccccc1. The molecule has 1 atom stereocenters. The van der Waals surface area contributed by atoms with Gasteiger partial charge in [-0.3, -0.25) is 9.59 Å². The van der Waals surface area contributed by atoms with Gasteiger partial charge in [0.05, 0.1) is 19.4 Å². The average Bonchev–Trinajstić information content (AvgIpc) is 2.80. The maximum Gasteiger partial charge on any atom is 0.273 e. The number of nitrogens with zero attached hydrogens (tertiary/aromatic N) is 2. The van der Waals surface area contributed by atoms with Crippen LogP contribution >= 0.6 is 0 Å². The number of hydrazone groups is 1. The predicted octanol–water partition coefficient (Wildman–Crippen LogP) is 1.76. The summed E-state index contributed by atoms with van der Waals surface area (Å²) in [5.41, 5.74) is 4.01. The first kappa shape index (κ1) is 21.5. The van der Waals surface area contributed by atoms with Crippen LogP contribution in [0, 0.1) is 0 Å². The van der Waals surface area contributed by atoms with Gasteiger partial charge in [0.2, 0.25) is 0 Å². The van der Waals surface area contributed by atoms with Crippen molar-refractivity contribution < 1.29 is 23.8 Å². The van der Waals surface area contributed by atoms with Gasteiger partial charge in [-0.05, 0) is 35.4 Å². The number of ether oxygens (including phenoxy) is 3. The van der Waals surface area contributed by atoms with Crippen LogP contribution in [0.15, 0.2) is 59.7 Å². The molecule has 0 bridgehead atoms. The molecule has 3 rings (SSSR count). The highest BCUT2D eigenvalue weighted by atomic mass is 16.5. The Morgan fingerprint density at radius 3 is 2.50 bits per heavy atom. The smallest absolute Gasteiger partial charge is 0.273 e. The van der Waals surface area contributed by atoms with E-state index in [1.807, 2.05) is 30.3 Å². The second-order valence-corrected chi connectivity index (χ2v) is 6.61. The molecule has 2 amide bonds. The lowest BCUT2D eigenvalue weighted by atomic mass is 10.1. The largest absolute Gasteiger partial charge is 0.484 e. The van der Waals surface area contributed by atoms with Gasteiger partial charge in [-0.15, -0.1) is 0 Å². The van der Waals surface area contributed by atoms with Crippen LogP contribution in [0.2, 0.25) is 0 Å². The molecule has 0 spiro atoms. The van der Waals surface area contributed by atoms with Crippen LogP contribution in [0.25, 0.3) is 0 Å². The standard InChI is InChI=1S/C22H25N3O5/c1-28-21(18-5-3-2-4-6-18)22(27)24-23-15-17-7-9-19(10-8-17)30-16-20(26)25-11-13-29-14-12-25/h2-10,15,21H,11-14,16H2,1H3,(H,24,27)/t21-/m1/s1. The maximum atomic E-state index is 12.3. The molecule has 0 radical (unpaired) electrons. The Bertz CT molecular complexity index is 849. The van der Waals surface area contributed by atoms with Gasteiger partial charge in [0.1, 0.15) is 5.75 Å². The number of amides is 2. The molecule has 1 aliphatic heterocycles. The van der Waals surface area contributed by atoms with Gasteiger partial charge in [0.15, 0.2) is 12.7 Å². The summed E-state index contributed by atoms with van der Waals surface area (Å²) in [6.07, 6.45) is 0.793. The molecule has 2 aromatic carbocycles. The summed E-state index contributed by atoms with van der Waals surface area (Å²) in [4.78, 5) is 26.1. The minimum Gasteiger partial charge on any atom is -0.484 e. The molecule has 0 aromatic heterocycles. The molecule has 0 unspecified atom stereocenters. The number of hydrogen-bond acceptors (Lipinski definition) is 6. The predicted molar refractivity (Wildman–Crippen MR) is 111 cm³/mol. The van der Waals surface area contributed by atoms with Crippen LogP contribution in [0.4, 0.5) is 0 Å². The first-order valence-corrected chi connectivity index (χ1v) is 9.66. The summed E-state index contributed by atoms with van der Waals surface area (Å²) in [5.74, 6) is 0.167. The van der Waals surface area contributed by atoms with Crippen LogP contribution in [0.5, 0.6) is 5.75 Å². The minimum atomic E-state index is -0.733. The molecule has 2 aromatic rings. The topological polar surface area (TPSA) is 89.5 Å². The Balaban J connectivity index is 1.47. The zero-order valence-electron chi connectivity index (χ0n) is 16.8. The lowest BCUT2D eigenvalue weighted by Crippen LogP contribution is -2.42. The number of morpholine rings is 1. The second kappa shape index (κ2) is 11.1. The van der Waals surface area contributed by atoms with Gasteiger partial charge in [-0.2, -0.15) is 5.10 Å². The van der Waals surface area contributed by atoms with Gasteiger partial charge in [-0.1, -0.05) is 30.3 Å². The molecule has 0 saturated carbocycles. The van der Waals surface area contributed by atoms with E-state index in [4.69, 9.17) is 14.2 Å². The average molecular weight is 411 g/mol. The van der Waals surface area contributed by atoms with Crippen molar-refractivity contribution in [1.82, 2.24) is 10.3 Å². The Morgan fingerprint density at radius 1 is 1.13 bits per heavy atom. The van der Waals surface area contributed by atoms with E-state index in [0.29, 0.717) is 32.1 Å². The molecule has 1 N–H and O–H groups in total. The van der Waals surface area contributed by atoms with Crippen LogP contribution in [0.1, 0.15) is 17.2 Å². The Kier molecular flexibility index (Phi) is 7.94. The van der Waals surface area contributed by atoms with Gasteiger partial charge in [-0.25, -0.2) is 5.43 Å². The Labute approximate surface area is 175 Å². The Morgan fingerprint density at radius 2 is 1.83 bits per heavy atom. The number of carbonyl (C=O) groups is 2. The van der Waals surface area contributed by atoms with Crippen molar-refractivity contribution in [2.75, 3.05) is 40.0 Å². The van der Waals surface area contributed by atoms with E-state index in [2.05, 4.69) is 10.5 Å². The number of hydrogen-bond donors (Lipinski definition) is 1. The lowest BCUT2D eigenvalue weighted by molar-refractivity contribution is -0.137. The normalized spacial score (nSPS) is 15.0. The molecule has 1 saturated heterocycles. The molecule has 8 nitrogen and oxygen atoms in total. The molecule has 1 heterocycles. The van der Waals surface area contributed by atoms with Crippen molar-refractivity contribution in [3.8, 4) is 5.75 Å². The third-order valence-corrected chi connectivity index (χ3v) is 4.57. The highest BCUT2D eigenvalue weighted by Gasteiger charge is 2.19. The first-order valence-electron chi connectivity index (χ1n) is 9.66. The van der Waals surface area contributed by atoms with E-state index >= 15 is 0 Å². The van der Waals surface area contributed by atoms with Crippen molar-refractivity contribution in [1.29, 1.82) is 0 Å². The third-order valence-electron chi connectivity index (χ3n) is 4.57. The molecular formula is C22H25N3O5. The number of rotatable bonds is 8. The highest BCUT2D eigenvalue weighted by Crippen LogP contribution is 2.16. The maximum absolute atomic E-state index is 12.3. The summed E-state index contributed by atoms with van der Waals surface area (Å²) in [7, 11) is 1.48. The van der Waals surface area contributed by atoms with Crippen molar-refractivity contribution >= 4 is 18.0 Å².